The summed E-state index contributed by atoms with van der Waals surface area (Å²) in [5.74, 6) is 0. The molecule has 0 saturated heterocycles. The SMILES string of the molecule is c1ccc(-c2ccccc2-c2c3ccccc3c(-c3cc4ccccc4c4ccccc34)c3ccccc23)cc1.c1ccc(-c2ccccc2-c2c3ccccc3c(-c3ccc4c5ccccc5c5ccccc5c4c3)c3ccccc23)cc1.c1ccc(-c2ccccc2-c2c3ccccc3c(-c3ccc4ccccc4c3)c3ccccc23)cc1. The molecule has 24 aromatic carbocycles. The largest absolute Gasteiger partial charge is 0.0622 e. The molecule has 558 valence electrons. The van der Waals surface area contributed by atoms with Crippen molar-refractivity contribution in [2.45, 2.75) is 0 Å². The Morgan fingerprint density at radius 2 is 0.308 bits per heavy atom. The van der Waals surface area contributed by atoms with Crippen LogP contribution < -0.4 is 0 Å². The molecule has 0 bridgehead atoms. The summed E-state index contributed by atoms with van der Waals surface area (Å²) < 4.78 is 0. The minimum atomic E-state index is 1.23. The van der Waals surface area contributed by atoms with Crippen molar-refractivity contribution in [3.8, 4) is 100 Å². The van der Waals surface area contributed by atoms with Crippen molar-refractivity contribution in [2.24, 2.45) is 0 Å². The Morgan fingerprint density at radius 1 is 0.0833 bits per heavy atom. The summed E-state index contributed by atoms with van der Waals surface area (Å²) in [6.07, 6.45) is 0. The molecular weight excluding hydrogens is 1440 g/mol. The molecule has 0 amide bonds. The molecule has 0 spiro atoms. The fraction of sp³-hybridized carbons (Fsp3) is 0. The van der Waals surface area contributed by atoms with E-state index in [1.54, 1.807) is 0 Å². The van der Waals surface area contributed by atoms with Gasteiger partial charge in [-0.1, -0.05) is 455 Å². The van der Waals surface area contributed by atoms with Crippen LogP contribution in [-0.4, -0.2) is 0 Å². The molecule has 0 N–H and O–H groups in total. The number of rotatable bonds is 9. The van der Waals surface area contributed by atoms with E-state index >= 15 is 0 Å². The van der Waals surface area contributed by atoms with Gasteiger partial charge in [0.05, 0.1) is 0 Å². The van der Waals surface area contributed by atoms with Crippen LogP contribution in [0.15, 0.2) is 473 Å². The molecule has 24 aromatic rings. The van der Waals surface area contributed by atoms with E-state index in [1.165, 1.54) is 229 Å². The lowest BCUT2D eigenvalue weighted by atomic mass is 9.82. The van der Waals surface area contributed by atoms with Crippen LogP contribution in [0.3, 0.4) is 0 Å². The fourth-order valence-electron chi connectivity index (χ4n) is 19.5. The summed E-state index contributed by atoms with van der Waals surface area (Å²) in [6, 6.07) is 172. The first-order chi connectivity index (χ1) is 59.6. The Labute approximate surface area is 697 Å². The van der Waals surface area contributed by atoms with E-state index in [0.29, 0.717) is 0 Å². The molecule has 0 aliphatic carbocycles. The van der Waals surface area contributed by atoms with Gasteiger partial charge < -0.3 is 0 Å². The van der Waals surface area contributed by atoms with E-state index < -0.39 is 0 Å². The summed E-state index contributed by atoms with van der Waals surface area (Å²) in [4.78, 5) is 0. The standard InChI is InChI=1S/C44H28.C40H26.C36H24/c1-2-14-29(15-3-1)31-16-4-9-21-37(31)44-40-24-12-10-22-38(40)43(39-23-11-13-25-41(39)44)30-26-27-36-34-19-6-5-17-32(34)33-18-7-8-20-35(33)42(36)28-30;1-2-14-27(15-3-1)29-17-6-9-21-33(29)39-34-22-10-12-24-36(34)40(37-25-13-11-23-35(37)39)38-26-28-16-4-5-18-30(28)31-19-7-8-20-32(31)38;1-2-13-26(14-3-1)29-16-6-7-17-30(29)36-33-20-10-8-18-31(33)35(32-19-9-11-21-34(32)36)28-23-22-25-12-4-5-15-27(25)24-28/h1-28H;1-26H;1-24H. The van der Waals surface area contributed by atoms with Gasteiger partial charge in [0.1, 0.15) is 0 Å². The molecule has 0 nitrogen and oxygen atoms in total. The zero-order valence-corrected chi connectivity index (χ0v) is 66.0. The van der Waals surface area contributed by atoms with Crippen LogP contribution in [0, 0.1) is 0 Å². The summed E-state index contributed by atoms with van der Waals surface area (Å²) in [7, 11) is 0. The van der Waals surface area contributed by atoms with E-state index in [2.05, 4.69) is 473 Å². The van der Waals surface area contributed by atoms with Crippen LogP contribution in [0.2, 0.25) is 0 Å². The van der Waals surface area contributed by atoms with Gasteiger partial charge in [0.2, 0.25) is 0 Å². The predicted molar refractivity (Wildman–Crippen MR) is 518 cm³/mol. The third kappa shape index (κ3) is 12.3. The summed E-state index contributed by atoms with van der Waals surface area (Å²) in [6.45, 7) is 0. The molecule has 0 atom stereocenters. The fourth-order valence-corrected chi connectivity index (χ4v) is 19.5. The zero-order chi connectivity index (χ0) is 79.4. The lowest BCUT2D eigenvalue weighted by Crippen LogP contribution is -1.93. The van der Waals surface area contributed by atoms with E-state index in [9.17, 15) is 0 Å². The smallest absolute Gasteiger partial charge is 0.00199 e. The maximum atomic E-state index is 2.43. The Balaban J connectivity index is 0.000000109. The normalized spacial score (nSPS) is 11.5. The lowest BCUT2D eigenvalue weighted by molar-refractivity contribution is 1.61. The minimum absolute atomic E-state index is 1.23. The molecule has 0 aliphatic heterocycles. The number of hydrogen-bond donors (Lipinski definition) is 0. The van der Waals surface area contributed by atoms with Crippen molar-refractivity contribution >= 4 is 129 Å². The van der Waals surface area contributed by atoms with E-state index in [0.717, 1.165) is 0 Å². The maximum absolute atomic E-state index is 2.43. The predicted octanol–water partition coefficient (Wildman–Crippen LogP) is 33.9. The molecule has 120 heavy (non-hydrogen) atoms. The molecule has 0 unspecified atom stereocenters. The maximum Gasteiger partial charge on any atom is -0.00199 e. The van der Waals surface area contributed by atoms with Gasteiger partial charge in [-0.3, -0.25) is 0 Å². The van der Waals surface area contributed by atoms with E-state index in [4.69, 9.17) is 0 Å². The Morgan fingerprint density at radius 3 is 0.667 bits per heavy atom. The van der Waals surface area contributed by atoms with Crippen LogP contribution in [0.4, 0.5) is 0 Å². The van der Waals surface area contributed by atoms with Crippen LogP contribution in [0.25, 0.3) is 229 Å². The van der Waals surface area contributed by atoms with E-state index in [1.807, 2.05) is 0 Å². The third-order valence-electron chi connectivity index (χ3n) is 24.7. The van der Waals surface area contributed by atoms with Crippen molar-refractivity contribution in [1.29, 1.82) is 0 Å². The molecular formula is C120H78. The van der Waals surface area contributed by atoms with Gasteiger partial charge in [0.15, 0.2) is 0 Å². The van der Waals surface area contributed by atoms with E-state index in [-0.39, 0.29) is 0 Å². The molecule has 0 heterocycles. The molecule has 0 heteroatoms. The number of fused-ring (bicyclic) bond motifs is 16. The Kier molecular flexibility index (Phi) is 18.1. The van der Waals surface area contributed by atoms with Gasteiger partial charge in [-0.2, -0.15) is 0 Å². The van der Waals surface area contributed by atoms with Gasteiger partial charge >= 0.3 is 0 Å². The average molecular weight is 1520 g/mol. The van der Waals surface area contributed by atoms with Crippen molar-refractivity contribution < 1.29 is 0 Å². The monoisotopic (exact) mass is 1520 g/mol. The van der Waals surface area contributed by atoms with Gasteiger partial charge in [0.25, 0.3) is 0 Å². The van der Waals surface area contributed by atoms with Crippen LogP contribution in [0.5, 0.6) is 0 Å². The second kappa shape index (κ2) is 30.5. The molecule has 0 saturated carbocycles. The Hall–Kier alpha value is -15.6. The second-order valence-corrected chi connectivity index (χ2v) is 31.4. The highest BCUT2D eigenvalue weighted by Crippen LogP contribution is 2.52. The zero-order valence-electron chi connectivity index (χ0n) is 66.0. The van der Waals surface area contributed by atoms with Crippen molar-refractivity contribution in [1.82, 2.24) is 0 Å². The second-order valence-electron chi connectivity index (χ2n) is 31.4. The first-order valence-electron chi connectivity index (χ1n) is 41.6. The highest BCUT2D eigenvalue weighted by molar-refractivity contribution is 6.30. The minimum Gasteiger partial charge on any atom is -0.0622 e. The van der Waals surface area contributed by atoms with Crippen molar-refractivity contribution in [2.75, 3.05) is 0 Å². The summed E-state index contributed by atoms with van der Waals surface area (Å²) in [5, 5.41) is 30.8. The first kappa shape index (κ1) is 71.0. The lowest BCUT2D eigenvalue weighted by Gasteiger charge is -2.21. The molecule has 0 fully saturated rings. The van der Waals surface area contributed by atoms with Gasteiger partial charge in [0, 0.05) is 0 Å². The highest BCUT2D eigenvalue weighted by Gasteiger charge is 2.25. The first-order valence-corrected chi connectivity index (χ1v) is 41.6. The number of hydrogen-bond acceptors (Lipinski definition) is 0. The van der Waals surface area contributed by atoms with Crippen LogP contribution >= 0.6 is 0 Å². The van der Waals surface area contributed by atoms with Gasteiger partial charge in [-0.05, 0) is 248 Å². The molecule has 0 radical (unpaired) electrons. The summed E-state index contributed by atoms with van der Waals surface area (Å²) >= 11 is 0. The van der Waals surface area contributed by atoms with Gasteiger partial charge in [-0.15, -0.1) is 0 Å². The van der Waals surface area contributed by atoms with Crippen LogP contribution in [0.1, 0.15) is 0 Å². The van der Waals surface area contributed by atoms with Crippen molar-refractivity contribution in [3.63, 3.8) is 0 Å². The van der Waals surface area contributed by atoms with Gasteiger partial charge in [-0.25, -0.2) is 0 Å². The Bertz CT molecular complexity index is 7930. The quantitative estimate of drug-likeness (QED) is 0.0998. The number of benzene rings is 24. The topological polar surface area (TPSA) is 0 Å². The highest BCUT2D eigenvalue weighted by atomic mass is 14.3. The molecule has 24 rings (SSSR count). The van der Waals surface area contributed by atoms with Crippen LogP contribution in [-0.2, 0) is 0 Å². The van der Waals surface area contributed by atoms with Crippen molar-refractivity contribution in [3.05, 3.63) is 473 Å². The molecule has 0 aliphatic rings. The summed E-state index contributed by atoms with van der Waals surface area (Å²) in [5.41, 5.74) is 22.8. The average Bonchev–Trinajstić information content (AvgIpc) is 0.731. The third-order valence-corrected chi connectivity index (χ3v) is 24.7. The molecule has 0 aromatic heterocycles.